The van der Waals surface area contributed by atoms with Crippen LogP contribution in [0.1, 0.15) is 116 Å². The number of carboxylic acids is 1. The Labute approximate surface area is 178 Å². The summed E-state index contributed by atoms with van der Waals surface area (Å²) in [7, 11) is 0. The Kier molecular flexibility index (Phi) is 15.9. The monoisotopic (exact) mass is 410 g/mol. The molecule has 0 aliphatic heterocycles. The standard InChI is InChI=1S/C24H46N2O3/c25-20-21-16-13-14-17-22(21)24(29)26-19-15-11-9-7-5-3-1-2-4-6-8-10-12-18-23(27)28/h21-22H,1-20,25H2,(H,26,29)(H,27,28). The summed E-state index contributed by atoms with van der Waals surface area (Å²) in [5, 5.41) is 11.7. The SMILES string of the molecule is NCC1CCCCC1C(=O)NCCCCCCCCCCCCCCCC(=O)O. The number of carbonyl (C=O) groups is 2. The van der Waals surface area contributed by atoms with Crippen LogP contribution in [0.2, 0.25) is 0 Å². The molecule has 1 amide bonds. The fraction of sp³-hybridized carbons (Fsp3) is 0.917. The van der Waals surface area contributed by atoms with E-state index in [1.807, 2.05) is 0 Å². The van der Waals surface area contributed by atoms with Crippen LogP contribution in [0.4, 0.5) is 0 Å². The highest BCUT2D eigenvalue weighted by molar-refractivity contribution is 5.79. The lowest BCUT2D eigenvalue weighted by Gasteiger charge is -2.29. The number of unbranched alkanes of at least 4 members (excludes halogenated alkanes) is 12. The molecule has 0 aromatic heterocycles. The second-order valence-corrected chi connectivity index (χ2v) is 8.92. The fourth-order valence-corrected chi connectivity index (χ4v) is 4.52. The Hall–Kier alpha value is -1.10. The predicted octanol–water partition coefficient (Wildman–Crippen LogP) is 5.41. The van der Waals surface area contributed by atoms with Gasteiger partial charge >= 0.3 is 5.97 Å². The van der Waals surface area contributed by atoms with E-state index < -0.39 is 5.97 Å². The molecule has 29 heavy (non-hydrogen) atoms. The fourth-order valence-electron chi connectivity index (χ4n) is 4.52. The highest BCUT2D eigenvalue weighted by Gasteiger charge is 2.29. The van der Waals surface area contributed by atoms with Gasteiger partial charge in [0.1, 0.15) is 0 Å². The van der Waals surface area contributed by atoms with Crippen molar-refractivity contribution in [2.24, 2.45) is 17.6 Å². The smallest absolute Gasteiger partial charge is 0.303 e. The van der Waals surface area contributed by atoms with Crippen molar-refractivity contribution >= 4 is 11.9 Å². The maximum atomic E-state index is 12.3. The minimum Gasteiger partial charge on any atom is -0.481 e. The zero-order valence-corrected chi connectivity index (χ0v) is 18.6. The molecule has 0 heterocycles. The molecule has 1 fully saturated rings. The van der Waals surface area contributed by atoms with Gasteiger partial charge in [0.2, 0.25) is 5.91 Å². The highest BCUT2D eigenvalue weighted by Crippen LogP contribution is 2.29. The second kappa shape index (κ2) is 17.7. The summed E-state index contributed by atoms with van der Waals surface area (Å²) < 4.78 is 0. The molecule has 170 valence electrons. The van der Waals surface area contributed by atoms with E-state index in [4.69, 9.17) is 10.8 Å². The number of aliphatic carboxylic acids is 1. The number of hydrogen-bond acceptors (Lipinski definition) is 3. The van der Waals surface area contributed by atoms with Gasteiger partial charge in [0.25, 0.3) is 0 Å². The minimum absolute atomic E-state index is 0.151. The van der Waals surface area contributed by atoms with Crippen molar-refractivity contribution < 1.29 is 14.7 Å². The van der Waals surface area contributed by atoms with Crippen LogP contribution >= 0.6 is 0 Å². The second-order valence-electron chi connectivity index (χ2n) is 8.92. The summed E-state index contributed by atoms with van der Waals surface area (Å²) >= 11 is 0. The van der Waals surface area contributed by atoms with Gasteiger partial charge in [-0.05, 0) is 38.1 Å². The lowest BCUT2D eigenvalue weighted by molar-refractivity contribution is -0.137. The summed E-state index contributed by atoms with van der Waals surface area (Å²) in [4.78, 5) is 22.8. The molecular formula is C24H46N2O3. The van der Waals surface area contributed by atoms with E-state index in [1.165, 1.54) is 77.0 Å². The van der Waals surface area contributed by atoms with Crippen molar-refractivity contribution in [2.75, 3.05) is 13.1 Å². The Morgan fingerprint density at radius 1 is 0.759 bits per heavy atom. The van der Waals surface area contributed by atoms with Crippen LogP contribution in [0, 0.1) is 11.8 Å². The lowest BCUT2D eigenvalue weighted by atomic mass is 9.79. The molecule has 5 heteroatoms. The molecular weight excluding hydrogens is 364 g/mol. The first kappa shape index (κ1) is 25.9. The lowest BCUT2D eigenvalue weighted by Crippen LogP contribution is -2.39. The molecule has 0 bridgehead atoms. The maximum absolute atomic E-state index is 12.3. The number of nitrogens with one attached hydrogen (secondary N) is 1. The molecule has 1 aliphatic carbocycles. The van der Waals surface area contributed by atoms with Crippen molar-refractivity contribution in [3.8, 4) is 0 Å². The van der Waals surface area contributed by atoms with Gasteiger partial charge in [-0.15, -0.1) is 0 Å². The molecule has 0 saturated heterocycles. The molecule has 0 radical (unpaired) electrons. The Morgan fingerprint density at radius 2 is 1.24 bits per heavy atom. The molecule has 1 saturated carbocycles. The number of nitrogens with two attached hydrogens (primary N) is 1. The predicted molar refractivity (Wildman–Crippen MR) is 120 cm³/mol. The third-order valence-corrected chi connectivity index (χ3v) is 6.42. The zero-order valence-electron chi connectivity index (χ0n) is 18.6. The highest BCUT2D eigenvalue weighted by atomic mass is 16.4. The third kappa shape index (κ3) is 13.7. The molecule has 2 unspecified atom stereocenters. The number of rotatable bonds is 18. The molecule has 5 nitrogen and oxygen atoms in total. The van der Waals surface area contributed by atoms with Crippen LogP contribution in [0.25, 0.3) is 0 Å². The van der Waals surface area contributed by atoms with E-state index in [-0.39, 0.29) is 11.8 Å². The van der Waals surface area contributed by atoms with Gasteiger partial charge in [0, 0.05) is 18.9 Å². The van der Waals surface area contributed by atoms with Crippen molar-refractivity contribution in [1.82, 2.24) is 5.32 Å². The van der Waals surface area contributed by atoms with Crippen LogP contribution in [0.5, 0.6) is 0 Å². The molecule has 0 aromatic carbocycles. The van der Waals surface area contributed by atoms with Crippen molar-refractivity contribution in [3.63, 3.8) is 0 Å². The van der Waals surface area contributed by atoms with Crippen LogP contribution in [0.15, 0.2) is 0 Å². The van der Waals surface area contributed by atoms with E-state index in [2.05, 4.69) is 5.32 Å². The largest absolute Gasteiger partial charge is 0.481 e. The van der Waals surface area contributed by atoms with Gasteiger partial charge < -0.3 is 16.2 Å². The molecule has 4 N–H and O–H groups in total. The van der Waals surface area contributed by atoms with Crippen LogP contribution in [-0.2, 0) is 9.59 Å². The number of hydrogen-bond donors (Lipinski definition) is 3. The summed E-state index contributed by atoms with van der Waals surface area (Å²) in [6.45, 7) is 1.46. The van der Waals surface area contributed by atoms with Gasteiger partial charge in [-0.3, -0.25) is 9.59 Å². The minimum atomic E-state index is -0.671. The first-order valence-electron chi connectivity index (χ1n) is 12.3. The number of carboxylic acid groups (broad SMARTS) is 1. The van der Waals surface area contributed by atoms with Gasteiger partial charge in [0.15, 0.2) is 0 Å². The molecule has 1 rings (SSSR count). The van der Waals surface area contributed by atoms with Gasteiger partial charge in [-0.25, -0.2) is 0 Å². The Balaban J connectivity index is 1.81. The molecule has 0 aromatic rings. The van der Waals surface area contributed by atoms with Crippen molar-refractivity contribution in [1.29, 1.82) is 0 Å². The third-order valence-electron chi connectivity index (χ3n) is 6.42. The summed E-state index contributed by atoms with van der Waals surface area (Å²) in [6, 6.07) is 0. The van der Waals surface area contributed by atoms with Gasteiger partial charge in [-0.1, -0.05) is 83.5 Å². The van der Waals surface area contributed by atoms with Crippen LogP contribution in [0.3, 0.4) is 0 Å². The number of carbonyl (C=O) groups excluding carboxylic acids is 1. The normalized spacial score (nSPS) is 19.2. The first-order chi connectivity index (χ1) is 14.1. The Morgan fingerprint density at radius 3 is 1.76 bits per heavy atom. The van der Waals surface area contributed by atoms with Gasteiger partial charge in [-0.2, -0.15) is 0 Å². The summed E-state index contributed by atoms with van der Waals surface area (Å²) in [6.07, 6.45) is 20.6. The van der Waals surface area contributed by atoms with Crippen LogP contribution in [-0.4, -0.2) is 30.1 Å². The topological polar surface area (TPSA) is 92.4 Å². The van der Waals surface area contributed by atoms with E-state index in [9.17, 15) is 9.59 Å². The maximum Gasteiger partial charge on any atom is 0.303 e. The van der Waals surface area contributed by atoms with Crippen LogP contribution < -0.4 is 11.1 Å². The van der Waals surface area contributed by atoms with E-state index in [0.717, 1.165) is 38.6 Å². The quantitative estimate of drug-likeness (QED) is 0.263. The van der Waals surface area contributed by atoms with Gasteiger partial charge in [0.05, 0.1) is 0 Å². The zero-order chi connectivity index (χ0) is 21.2. The van der Waals surface area contributed by atoms with E-state index >= 15 is 0 Å². The number of amides is 1. The van der Waals surface area contributed by atoms with E-state index in [1.54, 1.807) is 0 Å². The first-order valence-corrected chi connectivity index (χ1v) is 12.3. The Bertz CT molecular complexity index is 428. The summed E-state index contributed by atoms with van der Waals surface area (Å²) in [5.41, 5.74) is 5.83. The average molecular weight is 411 g/mol. The average Bonchev–Trinajstić information content (AvgIpc) is 2.73. The van der Waals surface area contributed by atoms with E-state index in [0.29, 0.717) is 18.9 Å². The molecule has 1 aliphatic rings. The molecule has 2 atom stereocenters. The van der Waals surface area contributed by atoms with Crippen molar-refractivity contribution in [2.45, 2.75) is 116 Å². The van der Waals surface area contributed by atoms with Crippen molar-refractivity contribution in [3.05, 3.63) is 0 Å². The molecule has 0 spiro atoms. The summed E-state index contributed by atoms with van der Waals surface area (Å²) in [5.74, 6) is 0.107.